The van der Waals surface area contributed by atoms with Gasteiger partial charge in [-0.15, -0.1) is 11.3 Å². The third kappa shape index (κ3) is 3.87. The number of thiophene rings is 1. The van der Waals surface area contributed by atoms with Crippen LogP contribution in [0.1, 0.15) is 53.9 Å². The highest BCUT2D eigenvalue weighted by Crippen LogP contribution is 2.26. The van der Waals surface area contributed by atoms with Crippen molar-refractivity contribution in [3.8, 4) is 0 Å². The third-order valence-corrected chi connectivity index (χ3v) is 6.16. The van der Waals surface area contributed by atoms with Crippen LogP contribution in [0.4, 0.5) is 11.5 Å². The zero-order valence-electron chi connectivity index (χ0n) is 15.6. The second kappa shape index (κ2) is 7.86. The molecule has 5 N–H and O–H groups in total. The molecule has 1 unspecified atom stereocenters. The van der Waals surface area contributed by atoms with E-state index in [0.717, 1.165) is 30.6 Å². The van der Waals surface area contributed by atoms with E-state index in [-0.39, 0.29) is 18.0 Å². The minimum absolute atomic E-state index is 0.112. The molecule has 3 atom stereocenters. The first-order chi connectivity index (χ1) is 13.5. The molecule has 148 valence electrons. The number of aliphatic hydroxyl groups is 1. The summed E-state index contributed by atoms with van der Waals surface area (Å²) in [6.07, 6.45) is 7.08. The Morgan fingerprint density at radius 1 is 1.43 bits per heavy atom. The monoisotopic (exact) mass is 400 g/mol. The van der Waals surface area contributed by atoms with Crippen LogP contribution in [-0.2, 0) is 0 Å². The lowest BCUT2D eigenvalue weighted by molar-refractivity contribution is 0.102. The van der Waals surface area contributed by atoms with Crippen molar-refractivity contribution >= 4 is 34.4 Å². The fourth-order valence-corrected chi connectivity index (χ4v) is 4.26. The SMILES string of the molecule is CC(O)c1cc(NC(=O)c2cnn3ccc(N[C@@H]4CCCC[C@@H]4N)nc23)cs1. The Balaban J connectivity index is 1.54. The molecule has 1 aliphatic carbocycles. The van der Waals surface area contributed by atoms with E-state index in [1.807, 2.05) is 6.07 Å². The van der Waals surface area contributed by atoms with Gasteiger partial charge in [0.25, 0.3) is 5.91 Å². The van der Waals surface area contributed by atoms with Crippen LogP contribution in [0.2, 0.25) is 0 Å². The number of aromatic nitrogens is 3. The maximum Gasteiger partial charge on any atom is 0.261 e. The normalized spacial score (nSPS) is 20.8. The number of aliphatic hydroxyl groups excluding tert-OH is 1. The van der Waals surface area contributed by atoms with E-state index in [1.54, 1.807) is 29.1 Å². The first-order valence-electron chi connectivity index (χ1n) is 9.45. The second-order valence-electron chi connectivity index (χ2n) is 7.21. The van der Waals surface area contributed by atoms with Gasteiger partial charge in [-0.25, -0.2) is 9.50 Å². The van der Waals surface area contributed by atoms with Crippen molar-refractivity contribution in [3.63, 3.8) is 0 Å². The Bertz CT molecular complexity index is 982. The van der Waals surface area contributed by atoms with Crippen molar-refractivity contribution in [2.45, 2.75) is 50.8 Å². The molecule has 0 aromatic carbocycles. The number of nitrogens with one attached hydrogen (secondary N) is 2. The van der Waals surface area contributed by atoms with Gasteiger partial charge in [0.2, 0.25) is 0 Å². The summed E-state index contributed by atoms with van der Waals surface area (Å²) in [4.78, 5) is 18.1. The maximum atomic E-state index is 12.7. The maximum absolute atomic E-state index is 12.7. The van der Waals surface area contributed by atoms with Gasteiger partial charge < -0.3 is 21.5 Å². The van der Waals surface area contributed by atoms with Crippen molar-refractivity contribution in [2.75, 3.05) is 10.6 Å². The van der Waals surface area contributed by atoms with Gasteiger partial charge in [-0.2, -0.15) is 5.10 Å². The number of carbonyl (C=O) groups is 1. The van der Waals surface area contributed by atoms with E-state index >= 15 is 0 Å². The number of hydrogen-bond acceptors (Lipinski definition) is 7. The Kier molecular flexibility index (Phi) is 5.29. The summed E-state index contributed by atoms with van der Waals surface area (Å²) in [5.41, 5.74) is 7.74. The Hall–Kier alpha value is -2.49. The van der Waals surface area contributed by atoms with Crippen molar-refractivity contribution in [2.24, 2.45) is 5.73 Å². The van der Waals surface area contributed by atoms with Crippen LogP contribution < -0.4 is 16.4 Å². The van der Waals surface area contributed by atoms with Crippen LogP contribution in [0.25, 0.3) is 5.65 Å². The molecular weight excluding hydrogens is 376 g/mol. The summed E-state index contributed by atoms with van der Waals surface area (Å²) in [6, 6.07) is 3.91. The molecular formula is C19H24N6O2S. The topological polar surface area (TPSA) is 118 Å². The number of carbonyl (C=O) groups excluding carboxylic acids is 1. The van der Waals surface area contributed by atoms with Gasteiger partial charge in [0, 0.05) is 28.5 Å². The predicted molar refractivity (Wildman–Crippen MR) is 110 cm³/mol. The molecule has 3 aromatic heterocycles. The van der Waals surface area contributed by atoms with Gasteiger partial charge in [0.15, 0.2) is 5.65 Å². The Labute approximate surface area is 166 Å². The molecule has 1 amide bonds. The van der Waals surface area contributed by atoms with E-state index in [1.165, 1.54) is 17.5 Å². The fraction of sp³-hybridized carbons (Fsp3) is 0.421. The van der Waals surface area contributed by atoms with Crippen molar-refractivity contribution in [3.05, 3.63) is 40.3 Å². The van der Waals surface area contributed by atoms with Gasteiger partial charge in [-0.1, -0.05) is 12.8 Å². The highest BCUT2D eigenvalue weighted by molar-refractivity contribution is 7.10. The molecule has 0 aliphatic heterocycles. The minimum Gasteiger partial charge on any atom is -0.388 e. The van der Waals surface area contributed by atoms with E-state index in [0.29, 0.717) is 22.7 Å². The zero-order valence-corrected chi connectivity index (χ0v) is 16.4. The molecule has 3 aromatic rings. The Morgan fingerprint density at radius 2 is 2.25 bits per heavy atom. The molecule has 8 nitrogen and oxygen atoms in total. The number of rotatable bonds is 5. The van der Waals surface area contributed by atoms with Crippen LogP contribution in [-0.4, -0.2) is 37.7 Å². The molecule has 4 rings (SSSR count). The Morgan fingerprint density at radius 3 is 3.00 bits per heavy atom. The van der Waals surface area contributed by atoms with Crippen LogP contribution in [0, 0.1) is 0 Å². The summed E-state index contributed by atoms with van der Waals surface area (Å²) in [5.74, 6) is 0.403. The number of anilines is 2. The second-order valence-corrected chi connectivity index (χ2v) is 8.15. The van der Waals surface area contributed by atoms with E-state index in [4.69, 9.17) is 5.73 Å². The first-order valence-corrected chi connectivity index (χ1v) is 10.3. The molecule has 28 heavy (non-hydrogen) atoms. The van der Waals surface area contributed by atoms with Crippen molar-refractivity contribution in [1.82, 2.24) is 14.6 Å². The van der Waals surface area contributed by atoms with Crippen LogP contribution in [0.3, 0.4) is 0 Å². The van der Waals surface area contributed by atoms with Gasteiger partial charge in [-0.05, 0) is 31.9 Å². The lowest BCUT2D eigenvalue weighted by atomic mass is 9.91. The van der Waals surface area contributed by atoms with Crippen LogP contribution >= 0.6 is 11.3 Å². The molecule has 1 saturated carbocycles. The van der Waals surface area contributed by atoms with Crippen molar-refractivity contribution in [1.29, 1.82) is 0 Å². The van der Waals surface area contributed by atoms with E-state index in [2.05, 4.69) is 20.7 Å². The van der Waals surface area contributed by atoms with Crippen LogP contribution in [0.15, 0.2) is 29.9 Å². The largest absolute Gasteiger partial charge is 0.388 e. The summed E-state index contributed by atoms with van der Waals surface area (Å²) >= 11 is 1.40. The molecule has 0 bridgehead atoms. The summed E-state index contributed by atoms with van der Waals surface area (Å²) in [5, 5.41) is 21.9. The van der Waals surface area contributed by atoms with Crippen molar-refractivity contribution < 1.29 is 9.90 Å². The number of nitrogens with two attached hydrogens (primary N) is 1. The lowest BCUT2D eigenvalue weighted by Gasteiger charge is -2.29. The molecule has 0 saturated heterocycles. The quantitative estimate of drug-likeness (QED) is 0.523. The summed E-state index contributed by atoms with van der Waals surface area (Å²) in [6.45, 7) is 1.69. The average molecular weight is 401 g/mol. The number of hydrogen-bond donors (Lipinski definition) is 4. The van der Waals surface area contributed by atoms with Gasteiger partial charge in [0.05, 0.1) is 18.0 Å². The average Bonchev–Trinajstić information content (AvgIpc) is 3.30. The first kappa shape index (κ1) is 18.9. The minimum atomic E-state index is -0.561. The highest BCUT2D eigenvalue weighted by Gasteiger charge is 2.22. The smallest absolute Gasteiger partial charge is 0.261 e. The molecule has 1 aliphatic rings. The third-order valence-electron chi connectivity index (χ3n) is 5.06. The van der Waals surface area contributed by atoms with E-state index < -0.39 is 6.10 Å². The van der Waals surface area contributed by atoms with Gasteiger partial charge in [0.1, 0.15) is 11.4 Å². The number of amides is 1. The number of nitrogens with zero attached hydrogens (tertiary/aromatic N) is 3. The predicted octanol–water partition coefficient (Wildman–Crippen LogP) is 2.78. The molecule has 0 radical (unpaired) electrons. The number of fused-ring (bicyclic) bond motifs is 1. The summed E-state index contributed by atoms with van der Waals surface area (Å²) in [7, 11) is 0. The standard InChI is InChI=1S/C19H24N6O2S/c1-11(26)16-8-12(10-28-16)22-19(27)13-9-21-25-7-6-17(24-18(13)25)23-15-5-3-2-4-14(15)20/h6-11,14-15,26H,2-5,20H2,1H3,(H,22,27)(H,23,24)/t11?,14-,15+/m0/s1. The van der Waals surface area contributed by atoms with Gasteiger partial charge >= 0.3 is 0 Å². The highest BCUT2D eigenvalue weighted by atomic mass is 32.1. The fourth-order valence-electron chi connectivity index (χ4n) is 3.47. The zero-order chi connectivity index (χ0) is 19.7. The lowest BCUT2D eigenvalue weighted by Crippen LogP contribution is -2.42. The van der Waals surface area contributed by atoms with Crippen LogP contribution in [0.5, 0.6) is 0 Å². The molecule has 9 heteroatoms. The summed E-state index contributed by atoms with van der Waals surface area (Å²) < 4.78 is 1.58. The molecule has 1 fully saturated rings. The van der Waals surface area contributed by atoms with E-state index in [9.17, 15) is 9.90 Å². The molecule has 3 heterocycles. The van der Waals surface area contributed by atoms with Gasteiger partial charge in [-0.3, -0.25) is 4.79 Å². The molecule has 0 spiro atoms.